The number of non-ortho nitro benzene ring substituents is 1. The second-order valence-electron chi connectivity index (χ2n) is 6.83. The number of ether oxygens (including phenoxy) is 2. The normalized spacial score (nSPS) is 15.0. The average molecular weight is 369 g/mol. The number of pyridine rings is 1. The van der Waals surface area contributed by atoms with Crippen molar-refractivity contribution >= 4 is 17.6 Å². The van der Waals surface area contributed by atoms with Gasteiger partial charge in [-0.1, -0.05) is 0 Å². The first-order valence-corrected chi connectivity index (χ1v) is 8.29. The maximum Gasteiger partial charge on any atom is 0.340 e. The smallest absolute Gasteiger partial charge is 0.340 e. The molecule has 1 aliphatic heterocycles. The van der Waals surface area contributed by atoms with E-state index in [4.69, 9.17) is 9.47 Å². The van der Waals surface area contributed by atoms with E-state index in [-0.39, 0.29) is 11.2 Å². The number of methoxy groups -OCH3 is 1. The van der Waals surface area contributed by atoms with Crippen LogP contribution in [0.25, 0.3) is 11.1 Å². The number of carbonyl (C=O) groups excluding carboxylic acids is 1. The van der Waals surface area contributed by atoms with Gasteiger partial charge in [0.05, 0.1) is 28.8 Å². The molecule has 0 fully saturated rings. The van der Waals surface area contributed by atoms with E-state index in [0.717, 1.165) is 0 Å². The third-order valence-electron chi connectivity index (χ3n) is 4.16. The van der Waals surface area contributed by atoms with Crippen molar-refractivity contribution < 1.29 is 19.2 Å². The van der Waals surface area contributed by atoms with E-state index in [1.807, 2.05) is 13.8 Å². The van der Waals surface area contributed by atoms with Gasteiger partial charge in [0.25, 0.3) is 5.69 Å². The van der Waals surface area contributed by atoms with Gasteiger partial charge in [0.15, 0.2) is 0 Å². The monoisotopic (exact) mass is 369 g/mol. The van der Waals surface area contributed by atoms with Gasteiger partial charge < -0.3 is 9.47 Å². The third kappa shape index (κ3) is 3.64. The highest BCUT2D eigenvalue weighted by Crippen LogP contribution is 2.30. The molecule has 1 aromatic carbocycles. The van der Waals surface area contributed by atoms with E-state index < -0.39 is 10.9 Å². The average Bonchev–Trinajstić information content (AvgIpc) is 3.00. The molecule has 3 rings (SSSR count). The Morgan fingerprint density at radius 1 is 1.30 bits per heavy atom. The first-order chi connectivity index (χ1) is 12.7. The predicted molar refractivity (Wildman–Crippen MR) is 99.0 cm³/mol. The Balaban J connectivity index is 2.17. The maximum atomic E-state index is 12.3. The lowest BCUT2D eigenvalue weighted by Gasteiger charge is -2.13. The predicted octanol–water partition coefficient (Wildman–Crippen LogP) is 3.31. The highest BCUT2D eigenvalue weighted by atomic mass is 16.6. The molecule has 0 atom stereocenters. The first kappa shape index (κ1) is 18.5. The molecule has 1 aromatic heterocycles. The molecule has 0 aliphatic carbocycles. The number of aryl methyl sites for hydroxylation is 1. The Bertz CT molecular complexity index is 949. The molecule has 2 heterocycles. The number of esters is 1. The van der Waals surface area contributed by atoms with E-state index in [9.17, 15) is 14.9 Å². The molecular formula is C19H19N3O5. The largest absolute Gasteiger partial charge is 0.474 e. The summed E-state index contributed by atoms with van der Waals surface area (Å²) in [6, 6.07) is 7.65. The van der Waals surface area contributed by atoms with Crippen LogP contribution in [-0.4, -0.2) is 41.0 Å². The van der Waals surface area contributed by atoms with Crippen molar-refractivity contribution in [1.29, 1.82) is 0 Å². The van der Waals surface area contributed by atoms with Gasteiger partial charge in [0.2, 0.25) is 5.90 Å². The minimum Gasteiger partial charge on any atom is -0.474 e. The van der Waals surface area contributed by atoms with Crippen LogP contribution < -0.4 is 0 Å². The molecule has 2 aromatic rings. The molecule has 0 bridgehead atoms. The number of aliphatic imine (C=N–C) groups is 1. The Morgan fingerprint density at radius 2 is 1.96 bits per heavy atom. The first-order valence-electron chi connectivity index (χ1n) is 8.29. The Labute approximate surface area is 156 Å². The van der Waals surface area contributed by atoms with Crippen LogP contribution in [0.4, 0.5) is 5.69 Å². The van der Waals surface area contributed by atoms with Crippen molar-refractivity contribution in [3.05, 3.63) is 57.4 Å². The van der Waals surface area contributed by atoms with Gasteiger partial charge in [-0.15, -0.1) is 0 Å². The standard InChI is InChI=1S/C19H19N3O5/c1-11-16(18(23)26-4)14(12-5-7-13(8-6-12)22(24)25)9-15(20-11)17-21-19(2,3)10-27-17/h5-9H,10H2,1-4H3. The number of rotatable bonds is 4. The summed E-state index contributed by atoms with van der Waals surface area (Å²) in [4.78, 5) is 31.7. The number of nitrogens with zero attached hydrogens (tertiary/aromatic N) is 3. The van der Waals surface area contributed by atoms with Crippen molar-refractivity contribution in [2.75, 3.05) is 13.7 Å². The third-order valence-corrected chi connectivity index (χ3v) is 4.16. The van der Waals surface area contributed by atoms with Gasteiger partial charge in [0, 0.05) is 17.7 Å². The SMILES string of the molecule is COC(=O)c1c(-c2ccc([N+](=O)[O-])cc2)cc(C2=NC(C)(C)CO2)nc1C. The molecule has 0 radical (unpaired) electrons. The Hall–Kier alpha value is -3.29. The fourth-order valence-corrected chi connectivity index (χ4v) is 2.85. The number of hydrogen-bond acceptors (Lipinski definition) is 7. The minimum atomic E-state index is -0.533. The number of benzene rings is 1. The molecule has 1 aliphatic rings. The topological polar surface area (TPSA) is 104 Å². The zero-order chi connectivity index (χ0) is 19.8. The van der Waals surface area contributed by atoms with E-state index in [0.29, 0.717) is 40.6 Å². The summed E-state index contributed by atoms with van der Waals surface area (Å²) in [5.74, 6) is -0.128. The van der Waals surface area contributed by atoms with Crippen LogP contribution in [-0.2, 0) is 9.47 Å². The quantitative estimate of drug-likeness (QED) is 0.465. The molecule has 0 saturated carbocycles. The van der Waals surface area contributed by atoms with Crippen molar-refractivity contribution in [3.8, 4) is 11.1 Å². The second-order valence-corrected chi connectivity index (χ2v) is 6.83. The second kappa shape index (κ2) is 6.79. The molecule has 140 valence electrons. The molecule has 0 saturated heterocycles. The minimum absolute atomic E-state index is 0.0328. The molecule has 8 heteroatoms. The fraction of sp³-hybridized carbons (Fsp3) is 0.316. The van der Waals surface area contributed by atoms with Gasteiger partial charge in [-0.05, 0) is 44.5 Å². The zero-order valence-electron chi connectivity index (χ0n) is 15.5. The lowest BCUT2D eigenvalue weighted by molar-refractivity contribution is -0.384. The number of hydrogen-bond donors (Lipinski definition) is 0. The highest BCUT2D eigenvalue weighted by molar-refractivity contribution is 6.01. The van der Waals surface area contributed by atoms with Crippen molar-refractivity contribution in [2.24, 2.45) is 4.99 Å². The number of aromatic nitrogens is 1. The molecule has 8 nitrogen and oxygen atoms in total. The van der Waals surface area contributed by atoms with Crippen molar-refractivity contribution in [1.82, 2.24) is 4.98 Å². The summed E-state index contributed by atoms with van der Waals surface area (Å²) < 4.78 is 10.6. The zero-order valence-corrected chi connectivity index (χ0v) is 15.5. The molecule has 0 spiro atoms. The summed E-state index contributed by atoms with van der Waals surface area (Å²) in [6.07, 6.45) is 0. The summed E-state index contributed by atoms with van der Waals surface area (Å²) in [5.41, 5.74) is 2.06. The van der Waals surface area contributed by atoms with Gasteiger partial charge in [-0.3, -0.25) is 10.1 Å². The molecule has 0 unspecified atom stereocenters. The van der Waals surface area contributed by atoms with E-state index in [1.54, 1.807) is 25.1 Å². The van der Waals surface area contributed by atoms with Gasteiger partial charge >= 0.3 is 5.97 Å². The summed E-state index contributed by atoms with van der Waals surface area (Å²) in [6.45, 7) is 6.04. The summed E-state index contributed by atoms with van der Waals surface area (Å²) in [5, 5.41) is 10.9. The highest BCUT2D eigenvalue weighted by Gasteiger charge is 2.29. The molecule has 27 heavy (non-hydrogen) atoms. The molecule has 0 amide bonds. The summed E-state index contributed by atoms with van der Waals surface area (Å²) >= 11 is 0. The van der Waals surface area contributed by atoms with E-state index in [1.165, 1.54) is 19.2 Å². The van der Waals surface area contributed by atoms with Gasteiger partial charge in [-0.2, -0.15) is 0 Å². The van der Waals surface area contributed by atoms with Crippen LogP contribution in [0.3, 0.4) is 0 Å². The Morgan fingerprint density at radius 3 is 2.48 bits per heavy atom. The number of nitro benzene ring substituents is 1. The fourth-order valence-electron chi connectivity index (χ4n) is 2.85. The van der Waals surface area contributed by atoms with Crippen LogP contribution in [0.15, 0.2) is 35.3 Å². The molecule has 0 N–H and O–H groups in total. The van der Waals surface area contributed by atoms with Gasteiger partial charge in [-0.25, -0.2) is 14.8 Å². The summed E-state index contributed by atoms with van der Waals surface area (Å²) in [7, 11) is 1.29. The maximum absolute atomic E-state index is 12.3. The van der Waals surface area contributed by atoms with Gasteiger partial charge in [0.1, 0.15) is 12.3 Å². The Kier molecular flexibility index (Phi) is 4.65. The van der Waals surface area contributed by atoms with Crippen LogP contribution in [0.2, 0.25) is 0 Å². The lowest BCUT2D eigenvalue weighted by atomic mass is 9.97. The van der Waals surface area contributed by atoms with Crippen LogP contribution in [0.5, 0.6) is 0 Å². The number of nitro groups is 1. The van der Waals surface area contributed by atoms with E-state index in [2.05, 4.69) is 9.98 Å². The van der Waals surface area contributed by atoms with Crippen molar-refractivity contribution in [3.63, 3.8) is 0 Å². The van der Waals surface area contributed by atoms with Crippen molar-refractivity contribution in [2.45, 2.75) is 26.3 Å². The van der Waals surface area contributed by atoms with E-state index >= 15 is 0 Å². The number of carbonyl (C=O) groups is 1. The lowest BCUT2D eigenvalue weighted by Crippen LogP contribution is -2.17. The van der Waals surface area contributed by atoms with Crippen LogP contribution >= 0.6 is 0 Å². The molecular weight excluding hydrogens is 350 g/mol. The van der Waals surface area contributed by atoms with Crippen LogP contribution in [0.1, 0.15) is 35.6 Å². The van der Waals surface area contributed by atoms with Crippen LogP contribution in [0, 0.1) is 17.0 Å².